The summed E-state index contributed by atoms with van der Waals surface area (Å²) >= 11 is 0. The van der Waals surface area contributed by atoms with Gasteiger partial charge < -0.3 is 14.9 Å². The number of ketones is 1. The summed E-state index contributed by atoms with van der Waals surface area (Å²) in [5.74, 6) is -0.0612. The monoisotopic (exact) mass is 410 g/mol. The zero-order valence-corrected chi connectivity index (χ0v) is 16.4. The first-order chi connectivity index (χ1) is 15.0. The number of benzene rings is 4. The first-order valence-electron chi connectivity index (χ1n) is 9.55. The van der Waals surface area contributed by atoms with Crippen molar-refractivity contribution in [1.29, 1.82) is 0 Å². The summed E-state index contributed by atoms with van der Waals surface area (Å²) in [6.07, 6.45) is 0. The van der Waals surface area contributed by atoms with E-state index in [-0.39, 0.29) is 17.3 Å². The van der Waals surface area contributed by atoms with E-state index in [2.05, 4.69) is 0 Å². The molecule has 0 aliphatic heterocycles. The first-order valence-corrected chi connectivity index (χ1v) is 9.55. The number of carbonyl (C=O) groups is 2. The lowest BCUT2D eigenvalue weighted by Gasteiger charge is -2.07. The molecule has 4 rings (SSSR count). The molecule has 0 unspecified atom stereocenters. The molecule has 0 fully saturated rings. The van der Waals surface area contributed by atoms with Crippen LogP contribution in [0.25, 0.3) is 11.1 Å². The van der Waals surface area contributed by atoms with Gasteiger partial charge in [0.05, 0.1) is 5.56 Å². The molecule has 0 aliphatic rings. The van der Waals surface area contributed by atoms with Gasteiger partial charge in [-0.25, -0.2) is 4.79 Å². The Hall–Kier alpha value is -4.38. The Morgan fingerprint density at radius 2 is 0.903 bits per heavy atom. The SMILES string of the molecule is O=C(Oc1ccc(O)cc1)c1ccc(-c2ccc(C(=O)c3ccc(O)cc3)cc2)cc1. The van der Waals surface area contributed by atoms with Gasteiger partial charge in [0.25, 0.3) is 0 Å². The Morgan fingerprint density at radius 3 is 1.39 bits per heavy atom. The topological polar surface area (TPSA) is 83.8 Å². The standard InChI is InChI=1S/C26H18O5/c27-22-11-9-20(10-12-22)25(29)19-5-1-17(2-6-19)18-3-7-21(8-4-18)26(30)31-24-15-13-23(28)14-16-24/h1-16,27-28H. The van der Waals surface area contributed by atoms with Crippen molar-refractivity contribution >= 4 is 11.8 Å². The van der Waals surface area contributed by atoms with E-state index in [1.165, 1.54) is 36.4 Å². The molecule has 0 amide bonds. The van der Waals surface area contributed by atoms with Gasteiger partial charge in [-0.05, 0) is 71.8 Å². The predicted molar refractivity (Wildman–Crippen MR) is 116 cm³/mol. The number of carbonyl (C=O) groups excluding carboxylic acids is 2. The van der Waals surface area contributed by atoms with Crippen LogP contribution >= 0.6 is 0 Å². The molecule has 5 nitrogen and oxygen atoms in total. The third-order valence-electron chi connectivity index (χ3n) is 4.78. The van der Waals surface area contributed by atoms with Crippen LogP contribution in [0.5, 0.6) is 17.2 Å². The molecule has 4 aromatic rings. The lowest BCUT2D eigenvalue weighted by molar-refractivity contribution is 0.0734. The highest BCUT2D eigenvalue weighted by Gasteiger charge is 2.11. The van der Waals surface area contributed by atoms with Gasteiger partial charge in [0, 0.05) is 11.1 Å². The normalized spacial score (nSPS) is 10.5. The zero-order chi connectivity index (χ0) is 21.8. The van der Waals surface area contributed by atoms with Gasteiger partial charge in [-0.2, -0.15) is 0 Å². The molecular formula is C26H18O5. The summed E-state index contributed by atoms with van der Waals surface area (Å²) in [7, 11) is 0. The van der Waals surface area contributed by atoms with Crippen LogP contribution in [0, 0.1) is 0 Å². The number of rotatable bonds is 5. The second kappa shape index (κ2) is 8.55. The first kappa shape index (κ1) is 19.9. The van der Waals surface area contributed by atoms with Crippen molar-refractivity contribution in [2.45, 2.75) is 0 Å². The molecule has 0 aliphatic carbocycles. The fraction of sp³-hybridized carbons (Fsp3) is 0. The molecule has 0 heterocycles. The maximum absolute atomic E-state index is 12.5. The fourth-order valence-electron chi connectivity index (χ4n) is 3.07. The maximum atomic E-state index is 12.5. The van der Waals surface area contributed by atoms with Crippen LogP contribution in [-0.4, -0.2) is 22.0 Å². The quantitative estimate of drug-likeness (QED) is 0.268. The molecule has 31 heavy (non-hydrogen) atoms. The third kappa shape index (κ3) is 4.62. The Labute approximate surface area is 178 Å². The van der Waals surface area contributed by atoms with Gasteiger partial charge in [-0.15, -0.1) is 0 Å². The van der Waals surface area contributed by atoms with Gasteiger partial charge in [-0.1, -0.05) is 36.4 Å². The number of phenols is 2. The van der Waals surface area contributed by atoms with Crippen LogP contribution in [-0.2, 0) is 0 Å². The molecule has 0 saturated heterocycles. The van der Waals surface area contributed by atoms with Crippen molar-refractivity contribution in [2.75, 3.05) is 0 Å². The van der Waals surface area contributed by atoms with Crippen LogP contribution in [0.3, 0.4) is 0 Å². The molecule has 0 spiro atoms. The van der Waals surface area contributed by atoms with Crippen LogP contribution in [0.4, 0.5) is 0 Å². The molecular weight excluding hydrogens is 392 g/mol. The third-order valence-corrected chi connectivity index (χ3v) is 4.78. The van der Waals surface area contributed by atoms with Crippen LogP contribution in [0.1, 0.15) is 26.3 Å². The van der Waals surface area contributed by atoms with E-state index in [1.807, 2.05) is 24.3 Å². The molecule has 152 valence electrons. The van der Waals surface area contributed by atoms with Gasteiger partial charge in [0.1, 0.15) is 17.2 Å². The van der Waals surface area contributed by atoms with Crippen molar-refractivity contribution in [1.82, 2.24) is 0 Å². The highest BCUT2D eigenvalue weighted by molar-refractivity contribution is 6.09. The number of aromatic hydroxyl groups is 2. The summed E-state index contributed by atoms with van der Waals surface area (Å²) in [6.45, 7) is 0. The van der Waals surface area contributed by atoms with Crippen molar-refractivity contribution in [3.05, 3.63) is 114 Å². The van der Waals surface area contributed by atoms with Crippen molar-refractivity contribution < 1.29 is 24.5 Å². The highest BCUT2D eigenvalue weighted by atomic mass is 16.5. The van der Waals surface area contributed by atoms with Gasteiger partial charge in [0.15, 0.2) is 5.78 Å². The van der Waals surface area contributed by atoms with Crippen molar-refractivity contribution in [2.24, 2.45) is 0 Å². The van der Waals surface area contributed by atoms with Crippen LogP contribution < -0.4 is 4.74 Å². The highest BCUT2D eigenvalue weighted by Crippen LogP contribution is 2.23. The summed E-state index contributed by atoms with van der Waals surface area (Å²) in [6, 6.07) is 26.2. The molecule has 0 aromatic heterocycles. The Balaban J connectivity index is 1.46. The molecule has 0 atom stereocenters. The molecule has 4 aromatic carbocycles. The second-order valence-corrected chi connectivity index (χ2v) is 6.91. The number of hydrogen-bond donors (Lipinski definition) is 2. The zero-order valence-electron chi connectivity index (χ0n) is 16.4. The lowest BCUT2D eigenvalue weighted by Crippen LogP contribution is -2.08. The molecule has 0 bridgehead atoms. The number of ether oxygens (including phenoxy) is 1. The van der Waals surface area contributed by atoms with Crippen molar-refractivity contribution in [3.8, 4) is 28.4 Å². The minimum absolute atomic E-state index is 0.0972. The lowest BCUT2D eigenvalue weighted by atomic mass is 9.99. The van der Waals surface area contributed by atoms with Crippen LogP contribution in [0.15, 0.2) is 97.1 Å². The van der Waals surface area contributed by atoms with Gasteiger partial charge in [0.2, 0.25) is 0 Å². The van der Waals surface area contributed by atoms with Gasteiger partial charge >= 0.3 is 5.97 Å². The molecule has 0 radical (unpaired) electrons. The average Bonchev–Trinajstić information content (AvgIpc) is 2.81. The largest absolute Gasteiger partial charge is 0.508 e. The molecule has 0 saturated carbocycles. The van der Waals surface area contributed by atoms with Crippen LogP contribution in [0.2, 0.25) is 0 Å². The van der Waals surface area contributed by atoms with Crippen molar-refractivity contribution in [3.63, 3.8) is 0 Å². The Morgan fingerprint density at radius 1 is 0.516 bits per heavy atom. The minimum atomic E-state index is -0.493. The fourth-order valence-corrected chi connectivity index (χ4v) is 3.07. The van der Waals surface area contributed by atoms with Gasteiger partial charge in [-0.3, -0.25) is 4.79 Å². The summed E-state index contributed by atoms with van der Waals surface area (Å²) in [4.78, 5) is 24.8. The Kier molecular flexibility index (Phi) is 5.49. The smallest absolute Gasteiger partial charge is 0.343 e. The molecule has 5 heteroatoms. The number of hydrogen-bond acceptors (Lipinski definition) is 5. The number of esters is 1. The predicted octanol–water partition coefficient (Wildman–Crippen LogP) is 5.22. The minimum Gasteiger partial charge on any atom is -0.508 e. The summed E-state index contributed by atoms with van der Waals surface area (Å²) < 4.78 is 5.29. The maximum Gasteiger partial charge on any atom is 0.343 e. The second-order valence-electron chi connectivity index (χ2n) is 6.91. The average molecular weight is 410 g/mol. The Bertz CT molecular complexity index is 1210. The molecule has 2 N–H and O–H groups in total. The van der Waals surface area contributed by atoms with E-state index < -0.39 is 5.97 Å². The van der Waals surface area contributed by atoms with E-state index in [0.717, 1.165) is 11.1 Å². The summed E-state index contributed by atoms with van der Waals surface area (Å²) in [5.41, 5.74) is 3.24. The van der Waals surface area contributed by atoms with E-state index >= 15 is 0 Å². The van der Waals surface area contributed by atoms with E-state index in [4.69, 9.17) is 4.74 Å². The van der Waals surface area contributed by atoms with E-state index in [9.17, 15) is 19.8 Å². The van der Waals surface area contributed by atoms with E-state index in [1.54, 1.807) is 36.4 Å². The number of phenolic OH excluding ortho intramolecular Hbond substituents is 2. The van der Waals surface area contributed by atoms with E-state index in [0.29, 0.717) is 22.4 Å². The summed E-state index contributed by atoms with van der Waals surface area (Å²) in [5, 5.41) is 18.7.